The van der Waals surface area contributed by atoms with E-state index in [-0.39, 0.29) is 15.7 Å². The van der Waals surface area contributed by atoms with Crippen molar-refractivity contribution < 1.29 is 9.72 Å². The van der Waals surface area contributed by atoms with E-state index in [0.29, 0.717) is 0 Å². The van der Waals surface area contributed by atoms with Gasteiger partial charge in [-0.05, 0) is 22.0 Å². The van der Waals surface area contributed by atoms with Crippen LogP contribution in [0.4, 0.5) is 5.69 Å². The average molecular weight is 270 g/mol. The van der Waals surface area contributed by atoms with E-state index < -0.39 is 10.8 Å². The molecular weight excluding hydrogens is 266 g/mol. The molecule has 0 aliphatic carbocycles. The van der Waals surface area contributed by atoms with Crippen LogP contribution in [0.5, 0.6) is 0 Å². The number of amides is 1. The lowest BCUT2D eigenvalue weighted by molar-refractivity contribution is -0.385. The zero-order chi connectivity index (χ0) is 11.4. The Bertz CT molecular complexity index is 467. The number of rotatable bonds is 2. The largest absolute Gasteiger partial charge is 0.284 e. The molecule has 0 aliphatic heterocycles. The van der Waals surface area contributed by atoms with Crippen LogP contribution in [-0.2, 0) is 0 Å². The van der Waals surface area contributed by atoms with Gasteiger partial charge in [-0.1, -0.05) is 6.07 Å². The molecule has 0 spiro atoms. The Morgan fingerprint density at radius 2 is 2.27 bits per heavy atom. The van der Waals surface area contributed by atoms with E-state index in [1.54, 1.807) is 0 Å². The van der Waals surface area contributed by atoms with Crippen molar-refractivity contribution in [3.63, 3.8) is 0 Å². The number of carbonyl (C=O) groups is 1. The van der Waals surface area contributed by atoms with E-state index in [2.05, 4.69) is 15.9 Å². The highest BCUT2D eigenvalue weighted by atomic mass is 79.9. The molecule has 0 bridgehead atoms. The number of nitro benzene ring substituents is 1. The van der Waals surface area contributed by atoms with Crippen molar-refractivity contribution in [1.29, 1.82) is 5.26 Å². The number of carbonyl (C=O) groups excluding carboxylic acids is 1. The fourth-order valence-corrected chi connectivity index (χ4v) is 1.54. The first-order valence-corrected chi connectivity index (χ1v) is 4.49. The minimum Gasteiger partial charge on any atom is -0.268 e. The van der Waals surface area contributed by atoms with Crippen LogP contribution in [0.25, 0.3) is 0 Å². The van der Waals surface area contributed by atoms with Crippen LogP contribution < -0.4 is 5.32 Å². The predicted molar refractivity (Wildman–Crippen MR) is 53.9 cm³/mol. The van der Waals surface area contributed by atoms with Gasteiger partial charge in [-0.3, -0.25) is 20.2 Å². The summed E-state index contributed by atoms with van der Waals surface area (Å²) in [6.45, 7) is 0. The van der Waals surface area contributed by atoms with Crippen molar-refractivity contribution in [1.82, 2.24) is 5.32 Å². The molecule has 0 unspecified atom stereocenters. The number of hydrogen-bond acceptors (Lipinski definition) is 4. The molecule has 0 saturated heterocycles. The van der Waals surface area contributed by atoms with Crippen molar-refractivity contribution in [3.05, 3.63) is 38.3 Å². The summed E-state index contributed by atoms with van der Waals surface area (Å²) in [4.78, 5) is 21.2. The first kappa shape index (κ1) is 11.1. The molecule has 1 amide bonds. The monoisotopic (exact) mass is 269 g/mol. The first-order chi connectivity index (χ1) is 7.07. The van der Waals surface area contributed by atoms with Crippen molar-refractivity contribution >= 4 is 27.5 Å². The SMILES string of the molecule is N#CNC(=O)c1cccc([N+](=O)[O-])c1Br. The van der Waals surface area contributed by atoms with Crippen molar-refractivity contribution in [2.45, 2.75) is 0 Å². The number of nitriles is 1. The quantitative estimate of drug-likeness (QED) is 0.381. The van der Waals surface area contributed by atoms with E-state index >= 15 is 0 Å². The van der Waals surface area contributed by atoms with Crippen molar-refractivity contribution in [2.75, 3.05) is 0 Å². The Morgan fingerprint density at radius 3 is 2.80 bits per heavy atom. The number of hydrogen-bond donors (Lipinski definition) is 1. The number of halogens is 1. The maximum absolute atomic E-state index is 11.3. The summed E-state index contributed by atoms with van der Waals surface area (Å²) in [5.41, 5.74) is -0.175. The summed E-state index contributed by atoms with van der Waals surface area (Å²) in [6, 6.07) is 4.01. The smallest absolute Gasteiger partial charge is 0.268 e. The maximum Gasteiger partial charge on any atom is 0.284 e. The second-order valence-corrected chi connectivity index (χ2v) is 3.25. The van der Waals surface area contributed by atoms with E-state index in [1.165, 1.54) is 24.4 Å². The summed E-state index contributed by atoms with van der Waals surface area (Å²) < 4.78 is 0.0581. The lowest BCUT2D eigenvalue weighted by Crippen LogP contribution is -2.18. The van der Waals surface area contributed by atoms with Gasteiger partial charge in [0, 0.05) is 6.07 Å². The van der Waals surface area contributed by atoms with Gasteiger partial charge in [-0.25, -0.2) is 0 Å². The molecular formula is C8H4BrN3O3. The zero-order valence-corrected chi connectivity index (χ0v) is 8.82. The molecule has 6 nitrogen and oxygen atoms in total. The normalized spacial score (nSPS) is 9.07. The molecule has 1 aromatic rings. The molecule has 1 N–H and O–H groups in total. The predicted octanol–water partition coefficient (Wildman–Crippen LogP) is 1.57. The van der Waals surface area contributed by atoms with Crippen molar-refractivity contribution in [3.8, 4) is 6.19 Å². The minimum absolute atomic E-state index is 0.0470. The van der Waals surface area contributed by atoms with Crippen LogP contribution in [0, 0.1) is 21.6 Å². The highest BCUT2D eigenvalue weighted by molar-refractivity contribution is 9.10. The molecule has 0 atom stereocenters. The number of nitro groups is 1. The number of benzene rings is 1. The molecule has 0 radical (unpaired) electrons. The lowest BCUT2D eigenvalue weighted by Gasteiger charge is -2.01. The highest BCUT2D eigenvalue weighted by Gasteiger charge is 2.18. The van der Waals surface area contributed by atoms with Gasteiger partial charge < -0.3 is 0 Å². The fraction of sp³-hybridized carbons (Fsp3) is 0. The van der Waals surface area contributed by atoms with Gasteiger partial charge in [-0.2, -0.15) is 5.26 Å². The second kappa shape index (κ2) is 4.52. The van der Waals surface area contributed by atoms with Gasteiger partial charge in [0.2, 0.25) is 0 Å². The van der Waals surface area contributed by atoms with Crippen LogP contribution in [0.15, 0.2) is 22.7 Å². The number of nitrogens with zero attached hydrogens (tertiary/aromatic N) is 2. The van der Waals surface area contributed by atoms with E-state index in [1.807, 2.05) is 5.32 Å². The first-order valence-electron chi connectivity index (χ1n) is 3.70. The third-order valence-corrected chi connectivity index (χ3v) is 2.42. The van der Waals surface area contributed by atoms with Gasteiger partial charge in [0.15, 0.2) is 6.19 Å². The standard InChI is InChI=1S/C8H4BrN3O3/c9-7-5(8(13)11-4-10)2-1-3-6(7)12(14)15/h1-3H,(H,11,13). The van der Waals surface area contributed by atoms with Crippen LogP contribution in [0.3, 0.4) is 0 Å². The molecule has 1 aromatic carbocycles. The van der Waals surface area contributed by atoms with Gasteiger partial charge in [0.05, 0.1) is 10.5 Å². The summed E-state index contributed by atoms with van der Waals surface area (Å²) in [7, 11) is 0. The van der Waals surface area contributed by atoms with Gasteiger partial charge in [0.25, 0.3) is 11.6 Å². The highest BCUT2D eigenvalue weighted by Crippen LogP contribution is 2.27. The Kier molecular flexibility index (Phi) is 3.36. The molecule has 1 rings (SSSR count). The van der Waals surface area contributed by atoms with Crippen LogP contribution >= 0.6 is 15.9 Å². The topological polar surface area (TPSA) is 96.0 Å². The fourth-order valence-electron chi connectivity index (χ4n) is 0.954. The summed E-state index contributed by atoms with van der Waals surface area (Å²) in [6.07, 6.45) is 1.45. The Balaban J connectivity index is 3.22. The van der Waals surface area contributed by atoms with E-state index in [0.717, 1.165) is 0 Å². The van der Waals surface area contributed by atoms with Crippen LogP contribution in [-0.4, -0.2) is 10.8 Å². The van der Waals surface area contributed by atoms with E-state index in [4.69, 9.17) is 5.26 Å². The zero-order valence-electron chi connectivity index (χ0n) is 7.23. The van der Waals surface area contributed by atoms with Crippen LogP contribution in [0.2, 0.25) is 0 Å². The summed E-state index contributed by atoms with van der Waals surface area (Å²) in [5.74, 6) is -0.687. The average Bonchev–Trinajstić information content (AvgIpc) is 2.17. The third-order valence-electron chi connectivity index (χ3n) is 1.59. The molecule has 0 saturated carbocycles. The van der Waals surface area contributed by atoms with Crippen LogP contribution in [0.1, 0.15) is 10.4 Å². The molecule has 0 aliphatic rings. The Labute approximate surface area is 92.8 Å². The molecule has 7 heteroatoms. The van der Waals surface area contributed by atoms with E-state index in [9.17, 15) is 14.9 Å². The molecule has 15 heavy (non-hydrogen) atoms. The Morgan fingerprint density at radius 1 is 1.60 bits per heavy atom. The summed E-state index contributed by atoms with van der Waals surface area (Å²) in [5, 5.41) is 20.7. The molecule has 76 valence electrons. The third kappa shape index (κ3) is 2.30. The molecule has 0 heterocycles. The van der Waals surface area contributed by atoms with Gasteiger partial charge in [-0.15, -0.1) is 0 Å². The summed E-state index contributed by atoms with van der Waals surface area (Å²) >= 11 is 2.94. The minimum atomic E-state index is -0.687. The van der Waals surface area contributed by atoms with Crippen molar-refractivity contribution in [2.24, 2.45) is 0 Å². The maximum atomic E-state index is 11.3. The Hall–Kier alpha value is -1.94. The lowest BCUT2D eigenvalue weighted by atomic mass is 10.2. The molecule has 0 fully saturated rings. The number of nitrogens with one attached hydrogen (secondary N) is 1. The second-order valence-electron chi connectivity index (χ2n) is 2.46. The van der Waals surface area contributed by atoms with Gasteiger partial charge >= 0.3 is 0 Å². The van der Waals surface area contributed by atoms with Gasteiger partial charge in [0.1, 0.15) is 4.47 Å². The molecule has 0 aromatic heterocycles.